The Hall–Kier alpha value is -3.76. The van der Waals surface area contributed by atoms with Gasteiger partial charge in [-0.05, 0) is 47.9 Å². The average molecular weight is 496 g/mol. The second-order valence-electron chi connectivity index (χ2n) is 8.97. The van der Waals surface area contributed by atoms with E-state index in [2.05, 4.69) is 0 Å². The van der Waals surface area contributed by atoms with E-state index in [0.29, 0.717) is 30.9 Å². The zero-order valence-electron chi connectivity index (χ0n) is 20.3. The van der Waals surface area contributed by atoms with E-state index < -0.39 is 28.4 Å². The molecule has 10 heteroatoms. The van der Waals surface area contributed by atoms with Gasteiger partial charge in [0.2, 0.25) is 5.78 Å². The maximum atomic E-state index is 13.6. The number of ether oxygens (including phenoxy) is 2. The van der Waals surface area contributed by atoms with Crippen LogP contribution in [0, 0.1) is 17.0 Å². The molecule has 1 unspecified atom stereocenters. The second-order valence-corrected chi connectivity index (χ2v) is 8.97. The third kappa shape index (κ3) is 5.09. The minimum Gasteiger partial charge on any atom is -0.872 e. The highest BCUT2D eigenvalue weighted by Gasteiger charge is 2.44. The van der Waals surface area contributed by atoms with Crippen LogP contribution in [0.1, 0.15) is 29.2 Å². The van der Waals surface area contributed by atoms with Crippen molar-refractivity contribution in [1.82, 2.24) is 4.90 Å². The Bertz CT molecular complexity index is 1190. The van der Waals surface area contributed by atoms with Crippen LogP contribution in [0.25, 0.3) is 5.76 Å². The standard InChI is InChI=1S/C26H29N3O7/c1-17-16-19(6-9-21(17)35-2)24(30)22-23(18-4-7-20(8-5-18)29(33)34)28(26(32)25(22)31)11-3-10-27-12-14-36-15-13-27/h4-9,16,23,30H,3,10-15H2,1-2H3/b24-22+. The molecule has 10 nitrogen and oxygen atoms in total. The van der Waals surface area contributed by atoms with E-state index in [-0.39, 0.29) is 23.4 Å². The number of hydrogen-bond donors (Lipinski definition) is 1. The Morgan fingerprint density at radius 3 is 2.47 bits per heavy atom. The number of hydrogen-bond acceptors (Lipinski definition) is 7. The van der Waals surface area contributed by atoms with Gasteiger partial charge < -0.3 is 24.4 Å². The van der Waals surface area contributed by atoms with Crippen LogP contribution >= 0.6 is 0 Å². The first-order chi connectivity index (χ1) is 17.3. The van der Waals surface area contributed by atoms with Crippen molar-refractivity contribution in [2.75, 3.05) is 46.5 Å². The molecule has 2 aromatic rings. The highest BCUT2D eigenvalue weighted by molar-refractivity contribution is 6.46. The lowest BCUT2D eigenvalue weighted by Gasteiger charge is -2.29. The van der Waals surface area contributed by atoms with Crippen LogP contribution in [0.4, 0.5) is 5.69 Å². The fourth-order valence-corrected chi connectivity index (χ4v) is 4.81. The van der Waals surface area contributed by atoms with E-state index in [1.807, 2.05) is 0 Å². The molecular weight excluding hydrogens is 466 g/mol. The molecule has 0 spiro atoms. The smallest absolute Gasteiger partial charge is 0.295 e. The molecule has 2 saturated heterocycles. The molecule has 36 heavy (non-hydrogen) atoms. The molecule has 2 aliphatic heterocycles. The number of aryl methyl sites for hydroxylation is 1. The van der Waals surface area contributed by atoms with Crippen molar-refractivity contribution in [3.63, 3.8) is 0 Å². The number of non-ortho nitro benzene ring substituents is 1. The van der Waals surface area contributed by atoms with E-state index in [4.69, 9.17) is 9.47 Å². The van der Waals surface area contributed by atoms with Crippen molar-refractivity contribution >= 4 is 23.1 Å². The van der Waals surface area contributed by atoms with Gasteiger partial charge in [-0.15, -0.1) is 0 Å². The van der Waals surface area contributed by atoms with E-state index in [0.717, 1.165) is 25.2 Å². The van der Waals surface area contributed by atoms with Crippen LogP contribution in [0.15, 0.2) is 48.0 Å². The molecule has 1 atom stereocenters. The quantitative estimate of drug-likeness (QED) is 0.185. The Balaban J connectivity index is 1.70. The molecule has 4 rings (SSSR count). The van der Waals surface area contributed by atoms with E-state index in [1.54, 1.807) is 25.1 Å². The molecule has 2 aliphatic rings. The minimum absolute atomic E-state index is 0.115. The van der Waals surface area contributed by atoms with Crippen molar-refractivity contribution in [1.29, 1.82) is 0 Å². The summed E-state index contributed by atoms with van der Waals surface area (Å²) in [6.07, 6.45) is 0.640. The highest BCUT2D eigenvalue weighted by Crippen LogP contribution is 2.39. The van der Waals surface area contributed by atoms with Gasteiger partial charge in [0.1, 0.15) is 18.8 Å². The maximum absolute atomic E-state index is 13.6. The molecule has 2 aromatic carbocycles. The number of nitro benzene ring substituents is 1. The number of likely N-dealkylation sites (tertiary alicyclic amines) is 1. The number of rotatable bonds is 8. The molecule has 1 N–H and O–H groups in total. The first-order valence-electron chi connectivity index (χ1n) is 11.9. The average Bonchev–Trinajstić information content (AvgIpc) is 3.14. The lowest BCUT2D eigenvalue weighted by atomic mass is 9.94. The number of nitro groups is 1. The fourth-order valence-electron chi connectivity index (χ4n) is 4.81. The summed E-state index contributed by atoms with van der Waals surface area (Å²) in [6, 6.07) is 9.56. The Morgan fingerprint density at radius 2 is 1.86 bits per heavy atom. The number of nitrogens with one attached hydrogen (secondary N) is 1. The lowest BCUT2D eigenvalue weighted by Crippen LogP contribution is -3.14. The van der Waals surface area contributed by atoms with E-state index in [9.17, 15) is 24.8 Å². The number of carbonyl (C=O) groups is 2. The number of benzene rings is 2. The van der Waals surface area contributed by atoms with Gasteiger partial charge in [-0.1, -0.05) is 11.8 Å². The molecule has 0 radical (unpaired) electrons. The first kappa shape index (κ1) is 25.3. The number of Topliss-reactive ketones (excluding diaryl/α,β-unsaturated/α-hetero) is 1. The molecular formula is C26H29N3O7. The second kappa shape index (κ2) is 10.9. The topological polar surface area (TPSA) is 126 Å². The Kier molecular flexibility index (Phi) is 7.66. The predicted octanol–water partition coefficient (Wildman–Crippen LogP) is 0.441. The number of carbonyl (C=O) groups excluding carboxylic acids is 2. The number of amides is 1. The summed E-state index contributed by atoms with van der Waals surface area (Å²) in [5.41, 5.74) is 1.22. The summed E-state index contributed by atoms with van der Waals surface area (Å²) < 4.78 is 10.7. The summed E-state index contributed by atoms with van der Waals surface area (Å²) in [5.74, 6) is -1.51. The summed E-state index contributed by atoms with van der Waals surface area (Å²) in [6.45, 7) is 6.02. The van der Waals surface area contributed by atoms with Crippen LogP contribution in [0.3, 0.4) is 0 Å². The first-order valence-corrected chi connectivity index (χ1v) is 11.9. The number of nitrogens with zero attached hydrogens (tertiary/aromatic N) is 2. The van der Waals surface area contributed by atoms with Crippen LogP contribution in [0.5, 0.6) is 5.75 Å². The lowest BCUT2D eigenvalue weighted by molar-refractivity contribution is -0.908. The van der Waals surface area contributed by atoms with Crippen molar-refractivity contribution in [3.05, 3.63) is 74.8 Å². The Labute approximate surface area is 208 Å². The van der Waals surface area contributed by atoms with Crippen molar-refractivity contribution < 1.29 is 34.0 Å². The Morgan fingerprint density at radius 1 is 1.17 bits per heavy atom. The fraction of sp³-hybridized carbons (Fsp3) is 0.385. The van der Waals surface area contributed by atoms with Crippen molar-refractivity contribution in [2.24, 2.45) is 0 Å². The van der Waals surface area contributed by atoms with Gasteiger partial charge in [0.05, 0.1) is 37.8 Å². The molecule has 0 bridgehead atoms. The minimum atomic E-state index is -0.916. The van der Waals surface area contributed by atoms with E-state index >= 15 is 0 Å². The zero-order valence-corrected chi connectivity index (χ0v) is 20.3. The summed E-state index contributed by atoms with van der Waals surface area (Å²) in [7, 11) is 1.53. The molecule has 0 aromatic heterocycles. The third-order valence-electron chi connectivity index (χ3n) is 6.74. The molecule has 1 amide bonds. The molecule has 0 saturated carbocycles. The van der Waals surface area contributed by atoms with Crippen LogP contribution in [-0.2, 0) is 14.3 Å². The van der Waals surface area contributed by atoms with Gasteiger partial charge in [0, 0.05) is 30.7 Å². The molecule has 0 aliphatic carbocycles. The highest BCUT2D eigenvalue weighted by atomic mass is 16.6. The number of morpholine rings is 1. The van der Waals surface area contributed by atoms with Crippen LogP contribution in [-0.4, -0.2) is 68.0 Å². The third-order valence-corrected chi connectivity index (χ3v) is 6.74. The van der Waals surface area contributed by atoms with Crippen molar-refractivity contribution in [2.45, 2.75) is 19.4 Å². The number of methoxy groups -OCH3 is 1. The van der Waals surface area contributed by atoms with Gasteiger partial charge in [0.15, 0.2) is 0 Å². The summed E-state index contributed by atoms with van der Waals surface area (Å²) >= 11 is 0. The molecule has 2 heterocycles. The van der Waals surface area contributed by atoms with Crippen molar-refractivity contribution in [3.8, 4) is 5.75 Å². The largest absolute Gasteiger partial charge is 0.872 e. The number of ketones is 1. The summed E-state index contributed by atoms with van der Waals surface area (Å²) in [4.78, 5) is 39.7. The zero-order chi connectivity index (χ0) is 25.8. The van der Waals surface area contributed by atoms with Gasteiger partial charge >= 0.3 is 0 Å². The monoisotopic (exact) mass is 495 g/mol. The van der Waals surface area contributed by atoms with Gasteiger partial charge in [0.25, 0.3) is 11.6 Å². The van der Waals surface area contributed by atoms with Crippen LogP contribution < -0.4 is 14.7 Å². The summed E-state index contributed by atoms with van der Waals surface area (Å²) in [5, 5.41) is 24.7. The number of quaternary nitrogens is 1. The van der Waals surface area contributed by atoms with Crippen LogP contribution in [0.2, 0.25) is 0 Å². The van der Waals surface area contributed by atoms with Gasteiger partial charge in [-0.2, -0.15) is 0 Å². The SMILES string of the molecule is COc1ccc(/C([O-])=C2\C(=O)C(=O)N(CCC[NH+]3CCOCC3)C2c2ccc([N+](=O)[O-])cc2)cc1C. The normalized spacial score (nSPS) is 20.1. The van der Waals surface area contributed by atoms with E-state index in [1.165, 1.54) is 41.2 Å². The molecule has 2 fully saturated rings. The van der Waals surface area contributed by atoms with Gasteiger partial charge in [-0.25, -0.2) is 0 Å². The maximum Gasteiger partial charge on any atom is 0.295 e. The molecule has 190 valence electrons. The van der Waals surface area contributed by atoms with Gasteiger partial charge in [-0.3, -0.25) is 19.7 Å². The predicted molar refractivity (Wildman–Crippen MR) is 128 cm³/mol.